The van der Waals surface area contributed by atoms with E-state index in [1.165, 1.54) is 13.2 Å². The molecule has 6 heteroatoms. The summed E-state index contributed by atoms with van der Waals surface area (Å²) in [6, 6.07) is 4.84. The molecule has 0 bridgehead atoms. The number of nitrogens with zero attached hydrogens (tertiary/aromatic N) is 2. The zero-order chi connectivity index (χ0) is 14.0. The van der Waals surface area contributed by atoms with E-state index in [1.807, 2.05) is 7.05 Å². The maximum atomic E-state index is 13.8. The summed E-state index contributed by atoms with van der Waals surface area (Å²) in [5.41, 5.74) is 7.98. The van der Waals surface area contributed by atoms with Crippen molar-refractivity contribution in [1.29, 1.82) is 0 Å². The largest absolute Gasteiger partial charge is 0.494 e. The number of ether oxygens (including phenoxy) is 1. The van der Waals surface area contributed by atoms with E-state index >= 15 is 0 Å². The third-order valence-corrected chi connectivity index (χ3v) is 3.70. The maximum absolute atomic E-state index is 13.8. The van der Waals surface area contributed by atoms with Crippen LogP contribution >= 0.6 is 15.9 Å². The van der Waals surface area contributed by atoms with Crippen LogP contribution in [0.4, 0.5) is 4.39 Å². The average Bonchev–Trinajstić information content (AvgIpc) is 2.65. The first kappa shape index (κ1) is 14.0. The van der Waals surface area contributed by atoms with Gasteiger partial charge >= 0.3 is 0 Å². The van der Waals surface area contributed by atoms with E-state index in [9.17, 15) is 4.39 Å². The highest BCUT2D eigenvalue weighted by molar-refractivity contribution is 9.10. The first-order valence-corrected chi connectivity index (χ1v) is 6.63. The highest BCUT2D eigenvalue weighted by Crippen LogP contribution is 2.33. The molecular weight excluding hydrogens is 313 g/mol. The first-order valence-electron chi connectivity index (χ1n) is 5.83. The van der Waals surface area contributed by atoms with Crippen LogP contribution in [0, 0.1) is 5.82 Å². The number of hydrogen-bond donors (Lipinski definition) is 1. The lowest BCUT2D eigenvalue weighted by Crippen LogP contribution is -2.04. The van der Waals surface area contributed by atoms with E-state index in [-0.39, 0.29) is 5.75 Å². The zero-order valence-corrected chi connectivity index (χ0v) is 12.4. The monoisotopic (exact) mass is 327 g/mol. The van der Waals surface area contributed by atoms with Gasteiger partial charge in [0.1, 0.15) is 0 Å². The van der Waals surface area contributed by atoms with Crippen LogP contribution in [-0.2, 0) is 13.5 Å². The van der Waals surface area contributed by atoms with Crippen LogP contribution in [0.5, 0.6) is 5.75 Å². The van der Waals surface area contributed by atoms with Gasteiger partial charge < -0.3 is 10.5 Å². The summed E-state index contributed by atoms with van der Waals surface area (Å²) in [6.45, 7) is 0.520. The van der Waals surface area contributed by atoms with Gasteiger partial charge in [-0.15, -0.1) is 0 Å². The topological polar surface area (TPSA) is 53.1 Å². The highest BCUT2D eigenvalue weighted by atomic mass is 79.9. The summed E-state index contributed by atoms with van der Waals surface area (Å²) >= 11 is 3.51. The fourth-order valence-corrected chi connectivity index (χ4v) is 2.74. The molecule has 19 heavy (non-hydrogen) atoms. The van der Waals surface area contributed by atoms with Crippen molar-refractivity contribution < 1.29 is 9.13 Å². The van der Waals surface area contributed by atoms with Crippen LogP contribution in [0.15, 0.2) is 22.7 Å². The Balaban J connectivity index is 2.49. The molecule has 4 nitrogen and oxygen atoms in total. The molecule has 0 fully saturated rings. The predicted octanol–water partition coefficient (Wildman–Crippen LogP) is 2.50. The van der Waals surface area contributed by atoms with Crippen LogP contribution in [0.25, 0.3) is 11.3 Å². The van der Waals surface area contributed by atoms with Crippen molar-refractivity contribution in [3.8, 4) is 17.0 Å². The molecule has 102 valence electrons. The van der Waals surface area contributed by atoms with E-state index in [0.717, 1.165) is 21.4 Å². The number of rotatable bonds is 4. The Morgan fingerprint density at radius 2 is 2.21 bits per heavy atom. The van der Waals surface area contributed by atoms with Crippen molar-refractivity contribution in [2.75, 3.05) is 13.7 Å². The van der Waals surface area contributed by atoms with Crippen LogP contribution in [0.3, 0.4) is 0 Å². The van der Waals surface area contributed by atoms with Gasteiger partial charge in [0.15, 0.2) is 11.6 Å². The number of benzene rings is 1. The quantitative estimate of drug-likeness (QED) is 0.938. The Bertz CT molecular complexity index is 598. The summed E-state index contributed by atoms with van der Waals surface area (Å²) in [6.07, 6.45) is 0.674. The first-order chi connectivity index (χ1) is 9.08. The SMILES string of the molecule is COc1ccc(-c2c(Br)c(CCN)nn2C)cc1F. The molecule has 0 atom stereocenters. The minimum absolute atomic E-state index is 0.226. The van der Waals surface area contributed by atoms with Gasteiger partial charge in [-0.25, -0.2) is 4.39 Å². The van der Waals surface area contributed by atoms with Crippen LogP contribution in [0.2, 0.25) is 0 Å². The lowest BCUT2D eigenvalue weighted by atomic mass is 10.1. The predicted molar refractivity (Wildman–Crippen MR) is 75.6 cm³/mol. The highest BCUT2D eigenvalue weighted by Gasteiger charge is 2.16. The van der Waals surface area contributed by atoms with Crippen molar-refractivity contribution in [2.45, 2.75) is 6.42 Å². The van der Waals surface area contributed by atoms with Crippen molar-refractivity contribution in [3.63, 3.8) is 0 Å². The fraction of sp³-hybridized carbons (Fsp3) is 0.308. The molecule has 0 saturated carbocycles. The van der Waals surface area contributed by atoms with Gasteiger partial charge in [-0.1, -0.05) is 0 Å². The standard InChI is InChI=1S/C13H15BrFN3O/c1-18-13(12(14)10(17-18)5-6-16)8-3-4-11(19-2)9(15)7-8/h3-4,7H,5-6,16H2,1-2H3. The van der Waals surface area contributed by atoms with Crippen LogP contribution in [0.1, 0.15) is 5.69 Å². The van der Waals surface area contributed by atoms with Crippen LogP contribution < -0.4 is 10.5 Å². The molecule has 0 aliphatic heterocycles. The molecular formula is C13H15BrFN3O. The Kier molecular flexibility index (Phi) is 4.21. The lowest BCUT2D eigenvalue weighted by molar-refractivity contribution is 0.386. The molecule has 0 saturated heterocycles. The average molecular weight is 328 g/mol. The van der Waals surface area contributed by atoms with E-state index in [1.54, 1.807) is 16.8 Å². The molecule has 1 heterocycles. The number of aromatic nitrogens is 2. The lowest BCUT2D eigenvalue weighted by Gasteiger charge is -2.06. The summed E-state index contributed by atoms with van der Waals surface area (Å²) in [4.78, 5) is 0. The van der Waals surface area contributed by atoms with Crippen molar-refractivity contribution >= 4 is 15.9 Å². The van der Waals surface area contributed by atoms with Gasteiger partial charge in [-0.3, -0.25) is 4.68 Å². The maximum Gasteiger partial charge on any atom is 0.165 e. The van der Waals surface area contributed by atoms with Crippen LogP contribution in [-0.4, -0.2) is 23.4 Å². The van der Waals surface area contributed by atoms with Crippen molar-refractivity contribution in [3.05, 3.63) is 34.2 Å². The summed E-state index contributed by atoms with van der Waals surface area (Å²) in [5, 5.41) is 4.38. The molecule has 0 spiro atoms. The second-order valence-electron chi connectivity index (χ2n) is 4.12. The molecule has 2 aromatic rings. The van der Waals surface area contributed by atoms with Gasteiger partial charge in [-0.2, -0.15) is 5.10 Å². The van der Waals surface area contributed by atoms with Gasteiger partial charge in [0.05, 0.1) is 23.0 Å². The van der Waals surface area contributed by atoms with Gasteiger partial charge in [-0.05, 0) is 40.7 Å². The van der Waals surface area contributed by atoms with Gasteiger partial charge in [0.25, 0.3) is 0 Å². The van der Waals surface area contributed by atoms with E-state index in [4.69, 9.17) is 10.5 Å². The van der Waals surface area contributed by atoms with Crippen molar-refractivity contribution in [2.24, 2.45) is 12.8 Å². The molecule has 1 aromatic carbocycles. The Morgan fingerprint density at radius 1 is 1.47 bits per heavy atom. The Labute approximate surface area is 119 Å². The van der Waals surface area contributed by atoms with E-state index in [2.05, 4.69) is 21.0 Å². The molecule has 1 aromatic heterocycles. The summed E-state index contributed by atoms with van der Waals surface area (Å²) in [5.74, 6) is -0.169. The second kappa shape index (κ2) is 5.71. The number of methoxy groups -OCH3 is 1. The summed E-state index contributed by atoms with van der Waals surface area (Å²) < 4.78 is 21.2. The number of aryl methyl sites for hydroxylation is 1. The third-order valence-electron chi connectivity index (χ3n) is 2.86. The second-order valence-corrected chi connectivity index (χ2v) is 4.91. The molecule has 0 unspecified atom stereocenters. The number of halogens is 2. The molecule has 2 N–H and O–H groups in total. The Morgan fingerprint density at radius 3 is 2.79 bits per heavy atom. The number of hydrogen-bond acceptors (Lipinski definition) is 3. The molecule has 2 rings (SSSR count). The molecule has 0 amide bonds. The summed E-state index contributed by atoms with van der Waals surface area (Å²) in [7, 11) is 3.26. The Hall–Kier alpha value is -1.40. The molecule has 0 aliphatic rings. The third kappa shape index (κ3) is 2.64. The van der Waals surface area contributed by atoms with Gasteiger partial charge in [0.2, 0.25) is 0 Å². The fourth-order valence-electron chi connectivity index (χ4n) is 1.98. The molecule has 0 aliphatic carbocycles. The smallest absolute Gasteiger partial charge is 0.165 e. The zero-order valence-electron chi connectivity index (χ0n) is 10.8. The van der Waals surface area contributed by atoms with E-state index < -0.39 is 5.82 Å². The number of nitrogens with two attached hydrogens (primary N) is 1. The van der Waals surface area contributed by atoms with Crippen molar-refractivity contribution in [1.82, 2.24) is 9.78 Å². The minimum Gasteiger partial charge on any atom is -0.494 e. The normalized spacial score (nSPS) is 10.8. The van der Waals surface area contributed by atoms with Gasteiger partial charge in [0, 0.05) is 19.0 Å². The van der Waals surface area contributed by atoms with E-state index in [0.29, 0.717) is 13.0 Å². The molecule has 0 radical (unpaired) electrons. The minimum atomic E-state index is -0.395.